The molecule has 48 heavy (non-hydrogen) atoms. The van der Waals surface area contributed by atoms with E-state index >= 15 is 0 Å². The van der Waals surface area contributed by atoms with Crippen LogP contribution < -0.4 is 10.6 Å². The van der Waals surface area contributed by atoms with Gasteiger partial charge < -0.3 is 24.8 Å². The number of halogens is 1. The van der Waals surface area contributed by atoms with E-state index < -0.39 is 5.54 Å². The topological polar surface area (TPSA) is 112 Å². The maximum absolute atomic E-state index is 13.2. The van der Waals surface area contributed by atoms with Crippen LogP contribution in [0.25, 0.3) is 11.3 Å². The SMILES string of the molecule is Cn1ncc(-c2nc(NC3CCC(CCc4ccc(C5OCCO5)cc4)(NC(=O)OCc4ccccc4)CC3)ncc2Cl)c1CC1CC1. The molecule has 3 heterocycles. The van der Waals surface area contributed by atoms with E-state index in [-0.39, 0.29) is 25.0 Å². The Morgan fingerprint density at radius 3 is 2.48 bits per heavy atom. The smallest absolute Gasteiger partial charge is 0.407 e. The van der Waals surface area contributed by atoms with Crippen LogP contribution in [0.1, 0.15) is 73.6 Å². The van der Waals surface area contributed by atoms with Gasteiger partial charge in [0.2, 0.25) is 5.95 Å². The van der Waals surface area contributed by atoms with E-state index in [2.05, 4.69) is 45.0 Å². The van der Waals surface area contributed by atoms with E-state index in [0.29, 0.717) is 35.8 Å². The molecular formula is C37H43ClN6O4. The van der Waals surface area contributed by atoms with Gasteiger partial charge in [0.25, 0.3) is 0 Å². The van der Waals surface area contributed by atoms with Gasteiger partial charge in [0.15, 0.2) is 6.29 Å². The number of alkyl carbamates (subject to hydrolysis) is 1. The summed E-state index contributed by atoms with van der Waals surface area (Å²) in [7, 11) is 1.98. The van der Waals surface area contributed by atoms with Crippen molar-refractivity contribution in [2.24, 2.45) is 13.0 Å². The summed E-state index contributed by atoms with van der Waals surface area (Å²) in [4.78, 5) is 22.6. The van der Waals surface area contributed by atoms with Gasteiger partial charge in [-0.15, -0.1) is 0 Å². The lowest BCUT2D eigenvalue weighted by Crippen LogP contribution is -2.52. The van der Waals surface area contributed by atoms with Gasteiger partial charge in [-0.3, -0.25) is 4.68 Å². The van der Waals surface area contributed by atoms with E-state index in [1.807, 2.05) is 48.3 Å². The van der Waals surface area contributed by atoms with Crippen LogP contribution in [-0.4, -0.2) is 50.6 Å². The number of amides is 1. The number of aryl methyl sites for hydroxylation is 2. The molecule has 3 fully saturated rings. The van der Waals surface area contributed by atoms with E-state index in [1.54, 1.807) is 6.20 Å². The number of carbonyl (C=O) groups is 1. The minimum Gasteiger partial charge on any atom is -0.445 e. The second-order valence-electron chi connectivity index (χ2n) is 13.4. The maximum Gasteiger partial charge on any atom is 0.407 e. The highest BCUT2D eigenvalue weighted by Crippen LogP contribution is 2.38. The number of hydrogen-bond acceptors (Lipinski definition) is 8. The molecule has 2 saturated carbocycles. The monoisotopic (exact) mass is 670 g/mol. The van der Waals surface area contributed by atoms with Crippen molar-refractivity contribution in [3.63, 3.8) is 0 Å². The number of benzene rings is 2. The highest BCUT2D eigenvalue weighted by molar-refractivity contribution is 6.33. The lowest BCUT2D eigenvalue weighted by Gasteiger charge is -2.41. The normalized spacial score (nSPS) is 21.2. The molecule has 2 N–H and O–H groups in total. The van der Waals surface area contributed by atoms with Gasteiger partial charge in [-0.2, -0.15) is 5.10 Å². The number of hydrogen-bond donors (Lipinski definition) is 2. The minimum atomic E-state index is -0.401. The number of nitrogens with one attached hydrogen (secondary N) is 2. The molecular weight excluding hydrogens is 628 g/mol. The fraction of sp³-hybridized carbons (Fsp3) is 0.459. The zero-order chi connectivity index (χ0) is 32.9. The number of carbonyl (C=O) groups excluding carboxylic acids is 1. The summed E-state index contributed by atoms with van der Waals surface area (Å²) in [6, 6.07) is 18.3. The zero-order valence-corrected chi connectivity index (χ0v) is 28.1. The quantitative estimate of drug-likeness (QED) is 0.163. The Labute approximate surface area is 286 Å². The van der Waals surface area contributed by atoms with Gasteiger partial charge in [-0.05, 0) is 74.8 Å². The Hall–Kier alpha value is -3.99. The third kappa shape index (κ3) is 7.99. The van der Waals surface area contributed by atoms with Gasteiger partial charge in [0, 0.05) is 35.4 Å². The molecule has 252 valence electrons. The van der Waals surface area contributed by atoms with Gasteiger partial charge >= 0.3 is 6.09 Å². The van der Waals surface area contributed by atoms with Crippen LogP contribution in [0, 0.1) is 5.92 Å². The van der Waals surface area contributed by atoms with E-state index in [9.17, 15) is 4.79 Å². The standard InChI is InChI=1S/C37H43ClN6O4/c1-44-32(21-26-7-8-26)30(22-40-44)33-31(38)23-39-35(42-33)41-29-14-17-37(18-15-29,43-36(45)48-24-27-5-3-2-4-6-27)16-13-25-9-11-28(12-10-25)34-46-19-20-47-34/h2-6,9-12,22-23,26,29,34H,7-8,13-21,24H2,1H3,(H,43,45)(H,39,41,42). The Morgan fingerprint density at radius 2 is 1.75 bits per heavy atom. The van der Waals surface area contributed by atoms with Crippen molar-refractivity contribution >= 4 is 23.6 Å². The summed E-state index contributed by atoms with van der Waals surface area (Å²) in [6.45, 7) is 1.47. The largest absolute Gasteiger partial charge is 0.445 e. The van der Waals surface area contributed by atoms with Crippen LogP contribution in [0.4, 0.5) is 10.7 Å². The molecule has 0 radical (unpaired) electrons. The maximum atomic E-state index is 13.2. The second kappa shape index (κ2) is 14.6. The molecule has 1 saturated heterocycles. The molecule has 0 unspecified atom stereocenters. The predicted molar refractivity (Wildman–Crippen MR) is 183 cm³/mol. The highest BCUT2D eigenvalue weighted by atomic mass is 35.5. The molecule has 1 amide bonds. The average molecular weight is 671 g/mol. The average Bonchev–Trinajstić information content (AvgIpc) is 3.62. The van der Waals surface area contributed by atoms with Crippen LogP contribution >= 0.6 is 11.6 Å². The first-order valence-electron chi connectivity index (χ1n) is 17.0. The van der Waals surface area contributed by atoms with Crippen molar-refractivity contribution in [1.82, 2.24) is 25.1 Å². The molecule has 11 heteroatoms. The molecule has 2 aromatic heterocycles. The van der Waals surface area contributed by atoms with Crippen LogP contribution in [0.3, 0.4) is 0 Å². The molecule has 1 aliphatic heterocycles. The van der Waals surface area contributed by atoms with Crippen molar-refractivity contribution in [2.45, 2.75) is 82.3 Å². The molecule has 3 aliphatic rings. The van der Waals surface area contributed by atoms with Crippen molar-refractivity contribution in [2.75, 3.05) is 18.5 Å². The summed E-state index contributed by atoms with van der Waals surface area (Å²) in [6.07, 6.45) is 11.2. The Kier molecular flexibility index (Phi) is 9.93. The third-order valence-electron chi connectivity index (χ3n) is 9.86. The first-order chi connectivity index (χ1) is 23.4. The molecule has 0 spiro atoms. The van der Waals surface area contributed by atoms with Crippen LogP contribution in [0.2, 0.25) is 5.02 Å². The predicted octanol–water partition coefficient (Wildman–Crippen LogP) is 7.18. The molecule has 2 aliphatic carbocycles. The van der Waals surface area contributed by atoms with Crippen molar-refractivity contribution in [1.29, 1.82) is 0 Å². The molecule has 7 rings (SSSR count). The lowest BCUT2D eigenvalue weighted by atomic mass is 9.76. The fourth-order valence-electron chi connectivity index (χ4n) is 6.81. The Morgan fingerprint density at radius 1 is 1.00 bits per heavy atom. The third-order valence-corrected chi connectivity index (χ3v) is 10.1. The first-order valence-corrected chi connectivity index (χ1v) is 17.4. The van der Waals surface area contributed by atoms with Gasteiger partial charge in [-0.25, -0.2) is 14.8 Å². The zero-order valence-electron chi connectivity index (χ0n) is 27.4. The van der Waals surface area contributed by atoms with E-state index in [0.717, 1.165) is 67.3 Å². The molecule has 4 aromatic rings. The number of anilines is 1. The first kappa shape index (κ1) is 32.6. The van der Waals surface area contributed by atoms with Gasteiger partial charge in [-0.1, -0.05) is 66.2 Å². The Balaban J connectivity index is 1.01. The number of aromatic nitrogens is 4. The van der Waals surface area contributed by atoms with Crippen LogP contribution in [0.15, 0.2) is 67.0 Å². The number of rotatable bonds is 12. The van der Waals surface area contributed by atoms with Crippen LogP contribution in [0.5, 0.6) is 0 Å². The van der Waals surface area contributed by atoms with Crippen LogP contribution in [-0.2, 0) is 40.7 Å². The fourth-order valence-corrected chi connectivity index (χ4v) is 7.00. The minimum absolute atomic E-state index is 0.153. The second-order valence-corrected chi connectivity index (χ2v) is 13.8. The van der Waals surface area contributed by atoms with Crippen molar-refractivity contribution in [3.05, 3.63) is 94.4 Å². The van der Waals surface area contributed by atoms with E-state index in [1.165, 1.54) is 18.4 Å². The van der Waals surface area contributed by atoms with E-state index in [4.69, 9.17) is 30.8 Å². The van der Waals surface area contributed by atoms with Gasteiger partial charge in [0.05, 0.1) is 36.3 Å². The highest BCUT2D eigenvalue weighted by Gasteiger charge is 2.37. The van der Waals surface area contributed by atoms with Crippen molar-refractivity contribution < 1.29 is 19.0 Å². The summed E-state index contributed by atoms with van der Waals surface area (Å²) in [5, 5.41) is 11.9. The summed E-state index contributed by atoms with van der Waals surface area (Å²) >= 11 is 6.63. The lowest BCUT2D eigenvalue weighted by molar-refractivity contribution is -0.0441. The number of nitrogens with zero attached hydrogens (tertiary/aromatic N) is 4. The van der Waals surface area contributed by atoms with Crippen molar-refractivity contribution in [3.8, 4) is 11.3 Å². The van der Waals surface area contributed by atoms with Gasteiger partial charge in [0.1, 0.15) is 6.61 Å². The summed E-state index contributed by atoms with van der Waals surface area (Å²) in [5.74, 6) is 1.27. The molecule has 0 bridgehead atoms. The summed E-state index contributed by atoms with van der Waals surface area (Å²) in [5.41, 5.74) is 5.62. The Bertz CT molecular complexity index is 1680. The summed E-state index contributed by atoms with van der Waals surface area (Å²) < 4.78 is 18.9. The number of ether oxygens (including phenoxy) is 3. The molecule has 10 nitrogen and oxygen atoms in total. The molecule has 0 atom stereocenters. The molecule has 2 aromatic carbocycles.